The van der Waals surface area contributed by atoms with E-state index in [4.69, 9.17) is 4.74 Å². The number of morpholine rings is 1. The Morgan fingerprint density at radius 1 is 1.22 bits per heavy atom. The van der Waals surface area contributed by atoms with Gasteiger partial charge in [-0.15, -0.1) is 0 Å². The van der Waals surface area contributed by atoms with Crippen molar-refractivity contribution < 1.29 is 9.84 Å². The Kier molecular flexibility index (Phi) is 2.98. The van der Waals surface area contributed by atoms with Crippen molar-refractivity contribution in [3.63, 3.8) is 0 Å². The van der Waals surface area contributed by atoms with E-state index in [9.17, 15) is 5.11 Å². The summed E-state index contributed by atoms with van der Waals surface area (Å²) in [6, 6.07) is 8.57. The average molecular weight is 245 g/mol. The number of rotatable bonds is 2. The van der Waals surface area contributed by atoms with E-state index in [-0.39, 0.29) is 12.1 Å². The quantitative estimate of drug-likeness (QED) is 0.832. The molecule has 3 nitrogen and oxygen atoms in total. The summed E-state index contributed by atoms with van der Waals surface area (Å²) in [5.74, 6) is 0. The Morgan fingerprint density at radius 2 is 1.83 bits per heavy atom. The summed E-state index contributed by atoms with van der Waals surface area (Å²) in [7, 11) is 0. The smallest absolute Gasteiger partial charge is 0.0927 e. The molecule has 0 aliphatic carbocycles. The van der Waals surface area contributed by atoms with Crippen LogP contribution in [-0.4, -0.2) is 30.4 Å². The molecule has 0 amide bonds. The van der Waals surface area contributed by atoms with Gasteiger partial charge in [-0.2, -0.15) is 0 Å². The molecule has 0 saturated carbocycles. The fourth-order valence-electron chi connectivity index (χ4n) is 3.08. The first kappa shape index (κ1) is 11.9. The van der Waals surface area contributed by atoms with Crippen LogP contribution in [0.3, 0.4) is 0 Å². The van der Waals surface area contributed by atoms with Crippen molar-refractivity contribution in [2.45, 2.75) is 30.5 Å². The lowest BCUT2D eigenvalue weighted by Gasteiger charge is -2.45. The van der Waals surface area contributed by atoms with Crippen LogP contribution in [0.1, 0.15) is 24.0 Å². The first-order valence-corrected chi connectivity index (χ1v) is 6.49. The van der Waals surface area contributed by atoms with E-state index in [1.165, 1.54) is 0 Å². The summed E-state index contributed by atoms with van der Waals surface area (Å²) in [6.45, 7) is 5.14. The molecule has 0 spiro atoms. The van der Waals surface area contributed by atoms with Crippen LogP contribution in [0, 0.1) is 0 Å². The van der Waals surface area contributed by atoms with Crippen molar-refractivity contribution in [2.75, 3.05) is 13.2 Å². The molecule has 2 N–H and O–H groups in total. The number of piperidine rings is 1. The maximum atomic E-state index is 10.9. The minimum absolute atomic E-state index is 0.265. The second-order valence-corrected chi connectivity index (χ2v) is 5.36. The van der Waals surface area contributed by atoms with Gasteiger partial charge in [0.1, 0.15) is 0 Å². The Hall–Kier alpha value is -1.16. The second kappa shape index (κ2) is 4.50. The van der Waals surface area contributed by atoms with Gasteiger partial charge < -0.3 is 15.2 Å². The highest BCUT2D eigenvalue weighted by molar-refractivity contribution is 5.47. The third kappa shape index (κ3) is 2.09. The van der Waals surface area contributed by atoms with Crippen LogP contribution in [-0.2, 0) is 10.3 Å². The molecule has 2 atom stereocenters. The molecule has 0 radical (unpaired) electrons. The van der Waals surface area contributed by atoms with E-state index in [1.54, 1.807) is 0 Å². The number of hydrogen-bond acceptors (Lipinski definition) is 3. The Morgan fingerprint density at radius 3 is 2.39 bits per heavy atom. The van der Waals surface area contributed by atoms with E-state index in [2.05, 4.69) is 11.9 Å². The average Bonchev–Trinajstić information content (AvgIpc) is 2.38. The fraction of sp³-hybridized carbons (Fsp3) is 0.467. The summed E-state index contributed by atoms with van der Waals surface area (Å²) >= 11 is 0. The van der Waals surface area contributed by atoms with Gasteiger partial charge in [0.25, 0.3) is 0 Å². The molecule has 3 heteroatoms. The van der Waals surface area contributed by atoms with E-state index in [0.29, 0.717) is 13.2 Å². The summed E-state index contributed by atoms with van der Waals surface area (Å²) in [5.41, 5.74) is 1.37. The number of nitrogens with one attached hydrogen (secondary N) is 1. The predicted octanol–water partition coefficient (Wildman–Crippen LogP) is 1.67. The van der Waals surface area contributed by atoms with Crippen LogP contribution < -0.4 is 5.32 Å². The molecule has 2 heterocycles. The molecule has 2 unspecified atom stereocenters. The SMILES string of the molecule is C=Cc1ccc(C2(O)CC3COCC(C2)N3)cc1. The highest BCUT2D eigenvalue weighted by Gasteiger charge is 2.42. The van der Waals surface area contributed by atoms with Crippen molar-refractivity contribution in [3.8, 4) is 0 Å². The van der Waals surface area contributed by atoms with Gasteiger partial charge >= 0.3 is 0 Å². The Labute approximate surface area is 107 Å². The molecule has 2 bridgehead atoms. The van der Waals surface area contributed by atoms with Gasteiger partial charge in [-0.05, 0) is 24.0 Å². The molecule has 2 saturated heterocycles. The van der Waals surface area contributed by atoms with Crippen molar-refractivity contribution in [1.29, 1.82) is 0 Å². The zero-order valence-corrected chi connectivity index (χ0v) is 10.4. The molecule has 0 aromatic heterocycles. The third-order valence-electron chi connectivity index (χ3n) is 3.96. The van der Waals surface area contributed by atoms with Gasteiger partial charge in [0.05, 0.1) is 18.8 Å². The zero-order valence-electron chi connectivity index (χ0n) is 10.4. The van der Waals surface area contributed by atoms with Gasteiger partial charge in [-0.25, -0.2) is 0 Å². The molecule has 3 rings (SSSR count). The third-order valence-corrected chi connectivity index (χ3v) is 3.96. The van der Waals surface area contributed by atoms with Gasteiger partial charge in [-0.3, -0.25) is 0 Å². The molecular weight excluding hydrogens is 226 g/mol. The zero-order chi connectivity index (χ0) is 12.6. The van der Waals surface area contributed by atoms with Crippen LogP contribution in [0.2, 0.25) is 0 Å². The Balaban J connectivity index is 1.86. The minimum Gasteiger partial charge on any atom is -0.385 e. The highest BCUT2D eigenvalue weighted by Crippen LogP contribution is 2.36. The van der Waals surface area contributed by atoms with E-state index >= 15 is 0 Å². The first-order valence-electron chi connectivity index (χ1n) is 6.49. The normalized spacial score (nSPS) is 35.2. The van der Waals surface area contributed by atoms with E-state index in [0.717, 1.165) is 24.0 Å². The number of fused-ring (bicyclic) bond motifs is 2. The standard InChI is InChI=1S/C15H19NO2/c1-2-11-3-5-12(6-4-11)15(17)7-13-9-18-10-14(8-15)16-13/h2-6,13-14,16-17H,1,7-10H2. The number of aliphatic hydroxyl groups is 1. The van der Waals surface area contributed by atoms with Crippen LogP contribution in [0.4, 0.5) is 0 Å². The molecule has 18 heavy (non-hydrogen) atoms. The van der Waals surface area contributed by atoms with Crippen LogP contribution in [0.25, 0.3) is 6.08 Å². The monoisotopic (exact) mass is 245 g/mol. The van der Waals surface area contributed by atoms with E-state index in [1.807, 2.05) is 30.3 Å². The summed E-state index contributed by atoms with van der Waals surface area (Å²) in [5, 5.41) is 14.4. The lowest BCUT2D eigenvalue weighted by atomic mass is 9.78. The number of hydrogen-bond donors (Lipinski definition) is 2. The maximum Gasteiger partial charge on any atom is 0.0927 e. The summed E-state index contributed by atoms with van der Waals surface area (Å²) < 4.78 is 5.52. The maximum absolute atomic E-state index is 10.9. The minimum atomic E-state index is -0.718. The van der Waals surface area contributed by atoms with Crippen molar-refractivity contribution >= 4 is 6.08 Å². The molecule has 1 aromatic carbocycles. The largest absolute Gasteiger partial charge is 0.385 e. The molecular formula is C15H19NO2. The van der Waals surface area contributed by atoms with Crippen molar-refractivity contribution in [1.82, 2.24) is 5.32 Å². The van der Waals surface area contributed by atoms with Crippen LogP contribution >= 0.6 is 0 Å². The number of ether oxygens (including phenoxy) is 1. The lowest BCUT2D eigenvalue weighted by Crippen LogP contribution is -2.58. The molecule has 2 fully saturated rings. The Bertz CT molecular complexity index is 428. The highest BCUT2D eigenvalue weighted by atomic mass is 16.5. The summed E-state index contributed by atoms with van der Waals surface area (Å²) in [6.07, 6.45) is 3.26. The first-order chi connectivity index (χ1) is 8.69. The van der Waals surface area contributed by atoms with E-state index < -0.39 is 5.60 Å². The topological polar surface area (TPSA) is 41.5 Å². The molecule has 1 aromatic rings. The second-order valence-electron chi connectivity index (χ2n) is 5.36. The van der Waals surface area contributed by atoms with Gasteiger partial charge in [0.15, 0.2) is 0 Å². The van der Waals surface area contributed by atoms with Crippen LogP contribution in [0.15, 0.2) is 30.8 Å². The lowest BCUT2D eigenvalue weighted by molar-refractivity contribution is -0.0802. The summed E-state index contributed by atoms with van der Waals surface area (Å²) in [4.78, 5) is 0. The predicted molar refractivity (Wildman–Crippen MR) is 71.2 cm³/mol. The molecule has 2 aliphatic rings. The van der Waals surface area contributed by atoms with Crippen LogP contribution in [0.5, 0.6) is 0 Å². The van der Waals surface area contributed by atoms with Gasteiger partial charge in [0.2, 0.25) is 0 Å². The molecule has 96 valence electrons. The van der Waals surface area contributed by atoms with Gasteiger partial charge in [-0.1, -0.05) is 36.9 Å². The fourth-order valence-corrected chi connectivity index (χ4v) is 3.08. The molecule has 2 aliphatic heterocycles. The van der Waals surface area contributed by atoms with Crippen molar-refractivity contribution in [2.24, 2.45) is 0 Å². The number of benzene rings is 1. The van der Waals surface area contributed by atoms with Gasteiger partial charge in [0, 0.05) is 12.1 Å². The van der Waals surface area contributed by atoms with Crippen molar-refractivity contribution in [3.05, 3.63) is 42.0 Å².